The highest BCUT2D eigenvalue weighted by Gasteiger charge is 2.23. The van der Waals surface area contributed by atoms with Gasteiger partial charge in [-0.15, -0.1) is 0 Å². The molecule has 2 rings (SSSR count). The monoisotopic (exact) mass is 301 g/mol. The zero-order valence-electron chi connectivity index (χ0n) is 12.4. The third-order valence-corrected chi connectivity index (χ3v) is 6.18. The second-order valence-electron chi connectivity index (χ2n) is 6.32. The second-order valence-corrected chi connectivity index (χ2v) is 8.62. The summed E-state index contributed by atoms with van der Waals surface area (Å²) in [7, 11) is -2.75. The number of likely N-dealkylation sites (tertiary alicyclic amines) is 1. The minimum atomic E-state index is -2.75. The fourth-order valence-electron chi connectivity index (χ4n) is 3.09. The Morgan fingerprint density at radius 2 is 2.00 bits per heavy atom. The summed E-state index contributed by atoms with van der Waals surface area (Å²) >= 11 is 0. The largest absolute Gasteiger partial charge is 0.370 e. The summed E-state index contributed by atoms with van der Waals surface area (Å²) < 4.78 is 22.7. The van der Waals surface area contributed by atoms with Crippen molar-refractivity contribution in [3.63, 3.8) is 0 Å². The summed E-state index contributed by atoms with van der Waals surface area (Å²) in [6.07, 6.45) is 5.01. The summed E-state index contributed by atoms with van der Waals surface area (Å²) in [5, 5.41) is 0. The molecule has 6 heteroatoms. The molecule has 0 amide bonds. The number of piperidine rings is 1. The van der Waals surface area contributed by atoms with Crippen molar-refractivity contribution < 1.29 is 8.42 Å². The summed E-state index contributed by atoms with van der Waals surface area (Å²) in [4.78, 5) is 6.66. The van der Waals surface area contributed by atoms with Gasteiger partial charge in [-0.05, 0) is 43.9 Å². The third kappa shape index (κ3) is 4.65. The van der Waals surface area contributed by atoms with Crippen molar-refractivity contribution in [2.24, 2.45) is 22.6 Å². The van der Waals surface area contributed by atoms with Crippen LogP contribution >= 0.6 is 0 Å². The maximum atomic E-state index is 11.4. The van der Waals surface area contributed by atoms with Crippen LogP contribution in [0.25, 0.3) is 0 Å². The standard InChI is InChI=1S/C14H27N3O2S/c1-12-3-2-8-17(11-12)14(15)16-7-4-13-5-9-20(18,19)10-6-13/h12-13H,2-11H2,1H3,(H2,15,16). The Morgan fingerprint density at radius 1 is 1.30 bits per heavy atom. The van der Waals surface area contributed by atoms with Crippen LogP contribution in [0.4, 0.5) is 0 Å². The molecule has 0 radical (unpaired) electrons. The molecule has 5 nitrogen and oxygen atoms in total. The molecule has 116 valence electrons. The van der Waals surface area contributed by atoms with Gasteiger partial charge in [-0.1, -0.05) is 6.92 Å². The Labute approximate surface area is 122 Å². The first kappa shape index (κ1) is 15.6. The van der Waals surface area contributed by atoms with E-state index in [-0.39, 0.29) is 0 Å². The topological polar surface area (TPSA) is 75.8 Å². The van der Waals surface area contributed by atoms with E-state index < -0.39 is 9.84 Å². The van der Waals surface area contributed by atoms with Gasteiger partial charge in [-0.3, -0.25) is 4.99 Å². The molecule has 0 bridgehead atoms. The van der Waals surface area contributed by atoms with Crippen molar-refractivity contribution in [3.8, 4) is 0 Å². The molecule has 2 fully saturated rings. The lowest BCUT2D eigenvalue weighted by Gasteiger charge is -2.31. The van der Waals surface area contributed by atoms with E-state index in [9.17, 15) is 8.42 Å². The van der Waals surface area contributed by atoms with E-state index in [0.29, 0.717) is 29.3 Å². The lowest BCUT2D eigenvalue weighted by atomic mass is 9.99. The van der Waals surface area contributed by atoms with Crippen molar-refractivity contribution in [1.82, 2.24) is 4.90 Å². The van der Waals surface area contributed by atoms with Gasteiger partial charge in [0.1, 0.15) is 9.84 Å². The average Bonchev–Trinajstić information content (AvgIpc) is 2.40. The van der Waals surface area contributed by atoms with Gasteiger partial charge in [-0.25, -0.2) is 8.42 Å². The van der Waals surface area contributed by atoms with E-state index in [1.807, 2.05) is 0 Å². The summed E-state index contributed by atoms with van der Waals surface area (Å²) in [6, 6.07) is 0. The quantitative estimate of drug-likeness (QED) is 0.629. The van der Waals surface area contributed by atoms with Gasteiger partial charge < -0.3 is 10.6 Å². The molecule has 0 spiro atoms. The molecule has 2 heterocycles. The SMILES string of the molecule is CC1CCCN(C(N)=NCCC2CCS(=O)(=O)CC2)C1. The van der Waals surface area contributed by atoms with E-state index in [1.165, 1.54) is 12.8 Å². The Bertz CT molecular complexity index is 433. The zero-order valence-corrected chi connectivity index (χ0v) is 13.2. The van der Waals surface area contributed by atoms with Gasteiger partial charge >= 0.3 is 0 Å². The van der Waals surface area contributed by atoms with Gasteiger partial charge in [-0.2, -0.15) is 0 Å². The number of nitrogens with zero attached hydrogens (tertiary/aromatic N) is 2. The molecule has 0 aliphatic carbocycles. The van der Waals surface area contributed by atoms with Crippen LogP contribution in [0.15, 0.2) is 4.99 Å². The van der Waals surface area contributed by atoms with Crippen LogP contribution < -0.4 is 5.73 Å². The number of aliphatic imine (C=N–C) groups is 1. The van der Waals surface area contributed by atoms with Crippen LogP contribution in [0.1, 0.15) is 39.0 Å². The van der Waals surface area contributed by atoms with Crippen LogP contribution in [0.2, 0.25) is 0 Å². The minimum Gasteiger partial charge on any atom is -0.370 e. The first-order chi connectivity index (χ1) is 9.46. The predicted molar refractivity (Wildman–Crippen MR) is 82.5 cm³/mol. The lowest BCUT2D eigenvalue weighted by molar-refractivity contribution is 0.270. The van der Waals surface area contributed by atoms with E-state index >= 15 is 0 Å². The van der Waals surface area contributed by atoms with Crippen molar-refractivity contribution in [2.45, 2.75) is 39.0 Å². The van der Waals surface area contributed by atoms with Crippen molar-refractivity contribution in [1.29, 1.82) is 0 Å². The smallest absolute Gasteiger partial charge is 0.191 e. The fourth-order valence-corrected chi connectivity index (χ4v) is 4.68. The normalized spacial score (nSPS) is 28.6. The third-order valence-electron chi connectivity index (χ3n) is 4.47. The highest BCUT2D eigenvalue weighted by atomic mass is 32.2. The maximum Gasteiger partial charge on any atom is 0.191 e. The Hall–Kier alpha value is -0.780. The maximum absolute atomic E-state index is 11.4. The molecule has 0 aromatic heterocycles. The van der Waals surface area contributed by atoms with Crippen LogP contribution in [0.5, 0.6) is 0 Å². The summed E-state index contributed by atoms with van der Waals surface area (Å²) in [6.45, 7) is 5.00. The van der Waals surface area contributed by atoms with E-state index in [0.717, 1.165) is 38.9 Å². The van der Waals surface area contributed by atoms with Gasteiger partial charge in [0.05, 0.1) is 11.5 Å². The Kier molecular flexibility index (Phi) is 5.29. The Morgan fingerprint density at radius 3 is 2.65 bits per heavy atom. The number of sulfone groups is 1. The molecule has 20 heavy (non-hydrogen) atoms. The first-order valence-electron chi connectivity index (χ1n) is 7.71. The zero-order chi connectivity index (χ0) is 14.6. The molecule has 0 aromatic rings. The molecule has 2 N–H and O–H groups in total. The number of hydrogen-bond donors (Lipinski definition) is 1. The van der Waals surface area contributed by atoms with E-state index in [2.05, 4.69) is 16.8 Å². The molecule has 0 aromatic carbocycles. The highest BCUT2D eigenvalue weighted by Crippen LogP contribution is 2.22. The van der Waals surface area contributed by atoms with Gasteiger partial charge in [0.15, 0.2) is 5.96 Å². The fraction of sp³-hybridized carbons (Fsp3) is 0.929. The van der Waals surface area contributed by atoms with E-state index in [4.69, 9.17) is 5.73 Å². The highest BCUT2D eigenvalue weighted by molar-refractivity contribution is 7.91. The molecule has 1 unspecified atom stereocenters. The van der Waals surface area contributed by atoms with Crippen LogP contribution in [0, 0.1) is 11.8 Å². The molecule has 1 atom stereocenters. The number of hydrogen-bond acceptors (Lipinski definition) is 3. The van der Waals surface area contributed by atoms with Crippen molar-refractivity contribution in [2.75, 3.05) is 31.1 Å². The Balaban J connectivity index is 1.73. The molecule has 0 saturated carbocycles. The van der Waals surface area contributed by atoms with Gasteiger partial charge in [0.25, 0.3) is 0 Å². The van der Waals surface area contributed by atoms with E-state index in [1.54, 1.807) is 0 Å². The molecular weight excluding hydrogens is 274 g/mol. The van der Waals surface area contributed by atoms with Crippen LogP contribution in [-0.2, 0) is 9.84 Å². The van der Waals surface area contributed by atoms with Gasteiger partial charge in [0, 0.05) is 19.6 Å². The van der Waals surface area contributed by atoms with Crippen LogP contribution in [0.3, 0.4) is 0 Å². The number of rotatable bonds is 3. The number of nitrogens with two attached hydrogens (primary N) is 1. The van der Waals surface area contributed by atoms with Crippen molar-refractivity contribution in [3.05, 3.63) is 0 Å². The molecule has 2 aliphatic heterocycles. The van der Waals surface area contributed by atoms with Crippen LogP contribution in [-0.4, -0.2) is 50.4 Å². The average molecular weight is 301 g/mol. The number of guanidine groups is 1. The first-order valence-corrected chi connectivity index (χ1v) is 9.54. The van der Waals surface area contributed by atoms with Gasteiger partial charge in [0.2, 0.25) is 0 Å². The molecule has 2 aliphatic rings. The second kappa shape index (κ2) is 6.78. The van der Waals surface area contributed by atoms with Crippen molar-refractivity contribution >= 4 is 15.8 Å². The minimum absolute atomic E-state index is 0.348. The molecular formula is C14H27N3O2S. The summed E-state index contributed by atoms with van der Waals surface area (Å²) in [5.41, 5.74) is 6.05. The summed E-state index contributed by atoms with van der Waals surface area (Å²) in [5.74, 6) is 2.55. The lowest BCUT2D eigenvalue weighted by Crippen LogP contribution is -2.43. The predicted octanol–water partition coefficient (Wildman–Crippen LogP) is 1.25. The molecule has 2 saturated heterocycles.